The Kier molecular flexibility index (Phi) is 6.12. The molecule has 0 aromatic heterocycles. The number of nitrogens with one attached hydrogen (secondary N) is 1. The summed E-state index contributed by atoms with van der Waals surface area (Å²) in [6, 6.07) is 15.3. The minimum absolute atomic E-state index is 0.0706. The Bertz CT molecular complexity index is 809. The van der Waals surface area contributed by atoms with Gasteiger partial charge in [0.15, 0.2) is 0 Å². The second-order valence-corrected chi connectivity index (χ2v) is 8.57. The first-order valence-corrected chi connectivity index (χ1v) is 10.5. The molecule has 1 aliphatic rings. The van der Waals surface area contributed by atoms with E-state index in [0.29, 0.717) is 24.7 Å². The van der Waals surface area contributed by atoms with Gasteiger partial charge in [-0.3, -0.25) is 0 Å². The van der Waals surface area contributed by atoms with Crippen molar-refractivity contribution in [2.45, 2.75) is 31.9 Å². The Morgan fingerprint density at radius 1 is 1.16 bits per heavy atom. The van der Waals surface area contributed by atoms with E-state index < -0.39 is 10.0 Å². The Labute approximate surface area is 154 Å². The van der Waals surface area contributed by atoms with Gasteiger partial charge >= 0.3 is 0 Å². The van der Waals surface area contributed by atoms with Crippen molar-refractivity contribution in [2.75, 3.05) is 12.4 Å². The number of rotatable bonds is 8. The number of hydrogen-bond donors (Lipinski definition) is 1. The van der Waals surface area contributed by atoms with Crippen LogP contribution in [0, 0.1) is 0 Å². The summed E-state index contributed by atoms with van der Waals surface area (Å²) in [7, 11) is -3.33. The van der Waals surface area contributed by atoms with E-state index in [1.54, 1.807) is 0 Å². The molecule has 134 valence electrons. The zero-order valence-corrected chi connectivity index (χ0v) is 15.5. The van der Waals surface area contributed by atoms with E-state index in [1.807, 2.05) is 48.5 Å². The number of ether oxygens (including phenoxy) is 1. The lowest BCUT2D eigenvalue weighted by atomic mass is 10.1. The molecule has 0 fully saturated rings. The average Bonchev–Trinajstić information content (AvgIpc) is 2.96. The predicted molar refractivity (Wildman–Crippen MR) is 100 cm³/mol. The predicted octanol–water partition coefficient (Wildman–Crippen LogP) is 3.85. The van der Waals surface area contributed by atoms with Crippen molar-refractivity contribution in [3.63, 3.8) is 0 Å². The molecule has 0 unspecified atom stereocenters. The smallest absolute Gasteiger partial charge is 0.212 e. The minimum Gasteiger partial charge on any atom is -0.377 e. The van der Waals surface area contributed by atoms with Gasteiger partial charge in [-0.1, -0.05) is 48.0 Å². The van der Waals surface area contributed by atoms with Crippen molar-refractivity contribution in [2.24, 2.45) is 0 Å². The van der Waals surface area contributed by atoms with Gasteiger partial charge in [0.05, 0.1) is 12.4 Å². The molecule has 0 aliphatic heterocycles. The van der Waals surface area contributed by atoms with Gasteiger partial charge in [0.1, 0.15) is 0 Å². The molecule has 6 heteroatoms. The average molecular weight is 380 g/mol. The SMILES string of the molecule is O=S(=O)(CCCOCc1ccccc1)N[C@@H]1CCc2cc(Cl)ccc21. The van der Waals surface area contributed by atoms with E-state index in [4.69, 9.17) is 16.3 Å². The summed E-state index contributed by atoms with van der Waals surface area (Å²) in [5.41, 5.74) is 3.25. The summed E-state index contributed by atoms with van der Waals surface area (Å²) in [5, 5.41) is 0.692. The largest absolute Gasteiger partial charge is 0.377 e. The number of aryl methyl sites for hydroxylation is 1. The molecule has 0 heterocycles. The molecule has 25 heavy (non-hydrogen) atoms. The molecular formula is C19H22ClNO3S. The molecule has 1 aliphatic carbocycles. The highest BCUT2D eigenvalue weighted by atomic mass is 35.5. The van der Waals surface area contributed by atoms with E-state index in [-0.39, 0.29) is 11.8 Å². The van der Waals surface area contributed by atoms with E-state index >= 15 is 0 Å². The molecule has 2 aromatic rings. The van der Waals surface area contributed by atoms with Gasteiger partial charge in [-0.15, -0.1) is 0 Å². The van der Waals surface area contributed by atoms with Crippen molar-refractivity contribution < 1.29 is 13.2 Å². The number of sulfonamides is 1. The molecule has 1 N–H and O–H groups in total. The van der Waals surface area contributed by atoms with E-state index in [0.717, 1.165) is 29.5 Å². The lowest BCUT2D eigenvalue weighted by Crippen LogP contribution is -2.30. The lowest BCUT2D eigenvalue weighted by molar-refractivity contribution is 0.122. The lowest BCUT2D eigenvalue weighted by Gasteiger charge is -2.14. The second kappa shape index (κ2) is 8.32. The monoisotopic (exact) mass is 379 g/mol. The molecule has 3 rings (SSSR count). The van der Waals surface area contributed by atoms with E-state index in [9.17, 15) is 8.42 Å². The van der Waals surface area contributed by atoms with Crippen LogP contribution in [0.2, 0.25) is 5.02 Å². The molecule has 0 radical (unpaired) electrons. The van der Waals surface area contributed by atoms with Gasteiger partial charge in [0.25, 0.3) is 0 Å². The minimum atomic E-state index is -3.33. The van der Waals surface area contributed by atoms with E-state index in [2.05, 4.69) is 4.72 Å². The standard InChI is InChI=1S/C19H22ClNO3S/c20-17-8-9-18-16(13-17)7-10-19(18)21-25(22,23)12-4-11-24-14-15-5-2-1-3-6-15/h1-3,5-6,8-9,13,19,21H,4,7,10-12,14H2/t19-/m1/s1. The summed E-state index contributed by atoms with van der Waals surface area (Å²) in [5.74, 6) is 0.0706. The maximum absolute atomic E-state index is 12.3. The van der Waals surface area contributed by atoms with Crippen LogP contribution in [-0.2, 0) is 27.8 Å². The highest BCUT2D eigenvalue weighted by Gasteiger charge is 2.26. The first-order chi connectivity index (χ1) is 12.0. The van der Waals surface area contributed by atoms with Crippen LogP contribution < -0.4 is 4.72 Å². The third kappa shape index (κ3) is 5.28. The summed E-state index contributed by atoms with van der Waals surface area (Å²) in [6.45, 7) is 0.928. The summed E-state index contributed by atoms with van der Waals surface area (Å²) in [4.78, 5) is 0. The number of benzene rings is 2. The third-order valence-electron chi connectivity index (χ3n) is 4.32. The van der Waals surface area contributed by atoms with Crippen molar-refractivity contribution >= 4 is 21.6 Å². The van der Waals surface area contributed by atoms with Crippen molar-refractivity contribution in [3.05, 3.63) is 70.2 Å². The fourth-order valence-electron chi connectivity index (χ4n) is 3.10. The summed E-state index contributed by atoms with van der Waals surface area (Å²) >= 11 is 5.99. The quantitative estimate of drug-likeness (QED) is 0.708. The van der Waals surface area contributed by atoms with Crippen LogP contribution in [0.5, 0.6) is 0 Å². The number of fused-ring (bicyclic) bond motifs is 1. The van der Waals surface area contributed by atoms with Crippen molar-refractivity contribution in [1.82, 2.24) is 4.72 Å². The van der Waals surface area contributed by atoms with Crippen molar-refractivity contribution in [1.29, 1.82) is 0 Å². The molecule has 0 spiro atoms. The maximum atomic E-state index is 12.3. The van der Waals surface area contributed by atoms with Crippen LogP contribution >= 0.6 is 11.6 Å². The Morgan fingerprint density at radius 3 is 2.76 bits per heavy atom. The van der Waals surface area contributed by atoms with Crippen LogP contribution in [0.3, 0.4) is 0 Å². The zero-order valence-electron chi connectivity index (χ0n) is 13.9. The highest BCUT2D eigenvalue weighted by molar-refractivity contribution is 7.89. The van der Waals surface area contributed by atoms with Gasteiger partial charge in [0, 0.05) is 17.7 Å². The molecule has 1 atom stereocenters. The van der Waals surface area contributed by atoms with Gasteiger partial charge in [-0.25, -0.2) is 13.1 Å². The number of hydrogen-bond acceptors (Lipinski definition) is 3. The van der Waals surface area contributed by atoms with Crippen LogP contribution in [0.15, 0.2) is 48.5 Å². The second-order valence-electron chi connectivity index (χ2n) is 6.26. The first kappa shape index (κ1) is 18.4. The molecule has 0 bridgehead atoms. The topological polar surface area (TPSA) is 55.4 Å². The maximum Gasteiger partial charge on any atom is 0.212 e. The molecular weight excluding hydrogens is 358 g/mol. The fourth-order valence-corrected chi connectivity index (χ4v) is 4.59. The summed E-state index contributed by atoms with van der Waals surface area (Å²) in [6.07, 6.45) is 2.10. The Morgan fingerprint density at radius 2 is 1.96 bits per heavy atom. The molecule has 0 saturated carbocycles. The highest BCUT2D eigenvalue weighted by Crippen LogP contribution is 2.33. The normalized spacial score (nSPS) is 16.8. The summed E-state index contributed by atoms with van der Waals surface area (Å²) < 4.78 is 33.0. The van der Waals surface area contributed by atoms with Gasteiger partial charge < -0.3 is 4.74 Å². The molecule has 2 aromatic carbocycles. The third-order valence-corrected chi connectivity index (χ3v) is 6.02. The fraction of sp³-hybridized carbons (Fsp3) is 0.368. The van der Waals surface area contributed by atoms with Gasteiger partial charge in [-0.2, -0.15) is 0 Å². The van der Waals surface area contributed by atoms with Crippen LogP contribution in [-0.4, -0.2) is 20.8 Å². The molecule has 0 amide bonds. The van der Waals surface area contributed by atoms with Crippen LogP contribution in [0.4, 0.5) is 0 Å². The van der Waals surface area contributed by atoms with Crippen molar-refractivity contribution in [3.8, 4) is 0 Å². The van der Waals surface area contributed by atoms with Gasteiger partial charge in [-0.05, 0) is 48.1 Å². The van der Waals surface area contributed by atoms with Crippen LogP contribution in [0.25, 0.3) is 0 Å². The van der Waals surface area contributed by atoms with E-state index in [1.165, 1.54) is 0 Å². The van der Waals surface area contributed by atoms with Crippen LogP contribution in [0.1, 0.15) is 35.6 Å². The van der Waals surface area contributed by atoms with Gasteiger partial charge in [0.2, 0.25) is 10.0 Å². The Balaban J connectivity index is 1.44. The number of halogens is 1. The zero-order chi connectivity index (χ0) is 17.7. The Hall–Kier alpha value is -1.40. The molecule has 4 nitrogen and oxygen atoms in total. The molecule has 0 saturated heterocycles. The first-order valence-electron chi connectivity index (χ1n) is 8.43.